The molecule has 0 saturated heterocycles. The third kappa shape index (κ3) is 4.92. The summed E-state index contributed by atoms with van der Waals surface area (Å²) in [5.74, 6) is 0.866. The van der Waals surface area contributed by atoms with Gasteiger partial charge >= 0.3 is 6.18 Å². The van der Waals surface area contributed by atoms with Crippen LogP contribution < -0.4 is 5.73 Å². The van der Waals surface area contributed by atoms with Crippen LogP contribution in [-0.2, 0) is 19.8 Å². The van der Waals surface area contributed by atoms with Gasteiger partial charge in [0.15, 0.2) is 5.69 Å². The molecule has 2 unspecified atom stereocenters. The number of halogens is 5. The predicted octanol–water partition coefficient (Wildman–Crippen LogP) is 4.07. The minimum Gasteiger partial charge on any atom is -0.333 e. The van der Waals surface area contributed by atoms with Gasteiger partial charge in [0.2, 0.25) is 0 Å². The minimum atomic E-state index is -4.48. The first-order valence-corrected chi connectivity index (χ1v) is 10.2. The second kappa shape index (κ2) is 8.60. The van der Waals surface area contributed by atoms with Gasteiger partial charge in [0.25, 0.3) is 0 Å². The predicted molar refractivity (Wildman–Crippen MR) is 116 cm³/mol. The van der Waals surface area contributed by atoms with Crippen LogP contribution in [0.2, 0.25) is 0 Å². The largest absolute Gasteiger partial charge is 0.434 e. The number of alkyl halides is 4. The van der Waals surface area contributed by atoms with Crippen molar-refractivity contribution in [2.24, 2.45) is 28.8 Å². The Morgan fingerprint density at radius 3 is 2.66 bits per heavy atom. The van der Waals surface area contributed by atoms with Crippen LogP contribution in [0.15, 0.2) is 34.5 Å². The number of aryl methyl sites for hydroxylation is 1. The highest BCUT2D eigenvalue weighted by Crippen LogP contribution is 2.32. The summed E-state index contributed by atoms with van der Waals surface area (Å²) in [6, 6.07) is 5.50. The molecule has 1 aromatic heterocycles. The molecule has 0 amide bonds. The lowest BCUT2D eigenvalue weighted by Crippen LogP contribution is -2.31. The third-order valence-electron chi connectivity index (χ3n) is 4.32. The molecule has 0 saturated carbocycles. The van der Waals surface area contributed by atoms with Crippen molar-refractivity contribution in [3.8, 4) is 11.4 Å². The van der Waals surface area contributed by atoms with E-state index < -0.39 is 17.4 Å². The molecule has 1 aliphatic heterocycles. The number of benzene rings is 1. The molecule has 2 aromatic rings. The standard InChI is InChI=1S/C18H19ClF3IN6/c1-10(19)26-16-12(6-24)7-25-29(16)8-11-3-4-13(14(23)5-11)17-27-15(9-28(17)2)18(20,21)22/h3-5,7,9-10,12H,6,8,24H2,1-2H3. The Kier molecular flexibility index (Phi) is 6.54. The number of aliphatic imine (C=N–C) groups is 1. The maximum atomic E-state index is 13.0. The number of nitrogens with two attached hydrogens (primary N) is 1. The van der Waals surface area contributed by atoms with Crippen molar-refractivity contribution in [3.05, 3.63) is 39.2 Å². The highest BCUT2D eigenvalue weighted by Gasteiger charge is 2.34. The number of nitrogens with zero attached hydrogens (tertiary/aromatic N) is 5. The summed E-state index contributed by atoms with van der Waals surface area (Å²) in [6.07, 6.45) is -1.75. The van der Waals surface area contributed by atoms with E-state index in [9.17, 15) is 13.2 Å². The Morgan fingerprint density at radius 2 is 2.10 bits per heavy atom. The Morgan fingerprint density at radius 1 is 1.38 bits per heavy atom. The van der Waals surface area contributed by atoms with Crippen molar-refractivity contribution in [1.29, 1.82) is 0 Å². The van der Waals surface area contributed by atoms with Crippen molar-refractivity contribution >= 4 is 46.2 Å². The lowest BCUT2D eigenvalue weighted by molar-refractivity contribution is -0.140. The molecule has 1 aromatic carbocycles. The van der Waals surface area contributed by atoms with Crippen LogP contribution in [0.5, 0.6) is 0 Å². The first-order valence-electron chi connectivity index (χ1n) is 8.73. The van der Waals surface area contributed by atoms with E-state index >= 15 is 0 Å². The fourth-order valence-corrected chi connectivity index (χ4v) is 3.90. The van der Waals surface area contributed by atoms with E-state index in [1.165, 1.54) is 4.57 Å². The fourth-order valence-electron chi connectivity index (χ4n) is 2.98. The molecular formula is C18H19ClF3IN6. The summed E-state index contributed by atoms with van der Waals surface area (Å²) in [4.78, 5) is 8.17. The van der Waals surface area contributed by atoms with E-state index in [0.29, 0.717) is 24.5 Å². The normalized spacial score (nSPS) is 19.4. The molecule has 29 heavy (non-hydrogen) atoms. The fraction of sp³-hybridized carbons (Fsp3) is 0.389. The molecule has 156 valence electrons. The molecule has 0 bridgehead atoms. The lowest BCUT2D eigenvalue weighted by atomic mass is 10.1. The smallest absolute Gasteiger partial charge is 0.333 e. The maximum absolute atomic E-state index is 13.0. The van der Waals surface area contributed by atoms with Gasteiger partial charge in [-0.3, -0.25) is 4.99 Å². The van der Waals surface area contributed by atoms with Gasteiger partial charge in [0, 0.05) is 35.1 Å². The maximum Gasteiger partial charge on any atom is 0.434 e. The summed E-state index contributed by atoms with van der Waals surface area (Å²) < 4.78 is 41.0. The van der Waals surface area contributed by atoms with Gasteiger partial charge in [0.1, 0.15) is 17.2 Å². The summed E-state index contributed by atoms with van der Waals surface area (Å²) >= 11 is 8.11. The SMILES string of the molecule is CC(Cl)N=C1C(CN)C=NN1Cc1ccc(-c2nc(C(F)(F)F)cn2C)c(I)c1. The molecule has 0 radical (unpaired) electrons. The van der Waals surface area contributed by atoms with E-state index in [-0.39, 0.29) is 11.7 Å². The first-order chi connectivity index (χ1) is 13.6. The van der Waals surface area contributed by atoms with E-state index in [2.05, 4.69) is 37.7 Å². The van der Waals surface area contributed by atoms with Gasteiger partial charge in [-0.1, -0.05) is 17.7 Å². The first kappa shape index (κ1) is 22.0. The molecule has 0 spiro atoms. The topological polar surface area (TPSA) is 71.8 Å². The molecule has 6 nitrogen and oxygen atoms in total. The van der Waals surface area contributed by atoms with Crippen LogP contribution in [0.3, 0.4) is 0 Å². The quantitative estimate of drug-likeness (QED) is 0.354. The molecule has 2 N–H and O–H groups in total. The number of hydrogen-bond donors (Lipinski definition) is 1. The summed E-state index contributed by atoms with van der Waals surface area (Å²) in [5.41, 5.74) is 6.01. The second-order valence-electron chi connectivity index (χ2n) is 6.60. The monoisotopic (exact) mass is 538 g/mol. The Balaban J connectivity index is 1.86. The van der Waals surface area contributed by atoms with Crippen molar-refractivity contribution in [3.63, 3.8) is 0 Å². The Labute approximate surface area is 184 Å². The van der Waals surface area contributed by atoms with Crippen LogP contribution in [-0.4, -0.2) is 38.7 Å². The van der Waals surface area contributed by atoms with Crippen LogP contribution >= 0.6 is 34.2 Å². The molecule has 2 heterocycles. The lowest BCUT2D eigenvalue weighted by Gasteiger charge is -2.19. The number of hydrogen-bond acceptors (Lipinski definition) is 4. The van der Waals surface area contributed by atoms with Crippen LogP contribution in [0.25, 0.3) is 11.4 Å². The zero-order valence-electron chi connectivity index (χ0n) is 15.7. The summed E-state index contributed by atoms with van der Waals surface area (Å²) in [7, 11) is 1.55. The average Bonchev–Trinajstić information content (AvgIpc) is 3.18. The summed E-state index contributed by atoms with van der Waals surface area (Å²) in [6.45, 7) is 2.58. The van der Waals surface area contributed by atoms with Gasteiger partial charge in [0.05, 0.1) is 12.5 Å². The van der Waals surface area contributed by atoms with Crippen LogP contribution in [0.4, 0.5) is 13.2 Å². The molecule has 3 rings (SSSR count). The van der Waals surface area contributed by atoms with E-state index in [4.69, 9.17) is 17.3 Å². The molecule has 1 aliphatic rings. The van der Waals surface area contributed by atoms with Crippen molar-refractivity contribution in [2.75, 3.05) is 6.54 Å². The highest BCUT2D eigenvalue weighted by molar-refractivity contribution is 14.1. The average molecular weight is 539 g/mol. The van der Waals surface area contributed by atoms with Crippen molar-refractivity contribution < 1.29 is 13.2 Å². The molecule has 2 atom stereocenters. The number of aromatic nitrogens is 2. The van der Waals surface area contributed by atoms with E-state index in [1.54, 1.807) is 31.3 Å². The molecule has 11 heteroatoms. The van der Waals surface area contributed by atoms with Gasteiger partial charge < -0.3 is 10.3 Å². The Hall–Kier alpha value is -1.66. The number of hydrazone groups is 1. The second-order valence-corrected chi connectivity index (χ2v) is 8.39. The zero-order chi connectivity index (χ0) is 21.3. The van der Waals surface area contributed by atoms with E-state index in [0.717, 1.165) is 15.3 Å². The van der Waals surface area contributed by atoms with Crippen molar-refractivity contribution in [2.45, 2.75) is 25.1 Å². The third-order valence-corrected chi connectivity index (χ3v) is 5.31. The number of rotatable bonds is 5. The van der Waals surface area contributed by atoms with Crippen LogP contribution in [0.1, 0.15) is 18.2 Å². The van der Waals surface area contributed by atoms with Crippen molar-refractivity contribution in [1.82, 2.24) is 14.6 Å². The number of imidazole rings is 1. The summed E-state index contributed by atoms with van der Waals surface area (Å²) in [5, 5.41) is 6.11. The van der Waals surface area contributed by atoms with Gasteiger partial charge in [-0.05, 0) is 47.2 Å². The minimum absolute atomic E-state index is 0.0945. The van der Waals surface area contributed by atoms with Gasteiger partial charge in [-0.2, -0.15) is 18.3 Å². The molecule has 0 fully saturated rings. The molecule has 0 aliphatic carbocycles. The molecular weight excluding hydrogens is 520 g/mol. The number of amidine groups is 1. The van der Waals surface area contributed by atoms with Crippen LogP contribution in [0, 0.1) is 9.49 Å². The van der Waals surface area contributed by atoms with E-state index in [1.807, 2.05) is 12.1 Å². The zero-order valence-corrected chi connectivity index (χ0v) is 18.6. The van der Waals surface area contributed by atoms with Gasteiger partial charge in [-0.15, -0.1) is 0 Å². The van der Waals surface area contributed by atoms with Gasteiger partial charge in [-0.25, -0.2) is 9.99 Å². The Bertz CT molecular complexity index is 954. The highest BCUT2D eigenvalue weighted by atomic mass is 127.